The van der Waals surface area contributed by atoms with Gasteiger partial charge in [0.1, 0.15) is 11.3 Å². The van der Waals surface area contributed by atoms with Crippen molar-refractivity contribution in [2.24, 2.45) is 0 Å². The Morgan fingerprint density at radius 2 is 1.64 bits per heavy atom. The highest BCUT2D eigenvalue weighted by Gasteiger charge is 2.34. The number of pyridine rings is 1. The van der Waals surface area contributed by atoms with E-state index in [1.165, 1.54) is 0 Å². The molecule has 0 saturated heterocycles. The Hall–Kier alpha value is -3.36. The molecule has 172 valence electrons. The van der Waals surface area contributed by atoms with Crippen molar-refractivity contribution < 1.29 is 14.3 Å². The molecule has 0 radical (unpaired) electrons. The van der Waals surface area contributed by atoms with E-state index >= 15 is 0 Å². The number of hydrazine groups is 1. The molecule has 0 spiro atoms. The summed E-state index contributed by atoms with van der Waals surface area (Å²) in [6, 6.07) is 18.7. The second kappa shape index (κ2) is 10.1. The maximum atomic E-state index is 12.8. The van der Waals surface area contributed by atoms with Gasteiger partial charge < -0.3 is 10.1 Å². The van der Waals surface area contributed by atoms with Crippen molar-refractivity contribution in [2.75, 3.05) is 6.54 Å². The number of benzene rings is 2. The van der Waals surface area contributed by atoms with Gasteiger partial charge in [0.25, 0.3) is 5.91 Å². The summed E-state index contributed by atoms with van der Waals surface area (Å²) in [5, 5.41) is 4.52. The predicted octanol–water partition coefficient (Wildman–Crippen LogP) is 4.17. The molecule has 0 saturated carbocycles. The van der Waals surface area contributed by atoms with Crippen molar-refractivity contribution in [3.8, 4) is 0 Å². The van der Waals surface area contributed by atoms with E-state index in [1.54, 1.807) is 33.9 Å². The summed E-state index contributed by atoms with van der Waals surface area (Å²) in [4.78, 5) is 30.1. The Morgan fingerprint density at radius 1 is 0.970 bits per heavy atom. The second-order valence-corrected chi connectivity index (χ2v) is 9.25. The van der Waals surface area contributed by atoms with E-state index < -0.39 is 23.1 Å². The quantitative estimate of drug-likeness (QED) is 0.276. The van der Waals surface area contributed by atoms with Crippen LogP contribution in [0.15, 0.2) is 66.9 Å². The van der Waals surface area contributed by atoms with Crippen molar-refractivity contribution in [1.82, 2.24) is 21.2 Å². The first kappa shape index (κ1) is 24.3. The van der Waals surface area contributed by atoms with E-state index in [-0.39, 0.29) is 6.54 Å². The standard InChI is InChI=1S/C25H28N4O3S/c1-24(2,3)32-23(31)28-25(4,21(33)18-11-6-5-7-12-18)16-27-29-22(30)20-19-13-9-8-10-17(19)14-15-26-20/h5-15,27H,16H2,1-4H3,(H,28,31)(H,29,30). The van der Waals surface area contributed by atoms with E-state index in [0.717, 1.165) is 16.3 Å². The molecule has 1 aromatic heterocycles. The summed E-state index contributed by atoms with van der Waals surface area (Å²) in [6.45, 7) is 7.26. The van der Waals surface area contributed by atoms with Gasteiger partial charge in [-0.25, -0.2) is 10.2 Å². The van der Waals surface area contributed by atoms with Crippen molar-refractivity contribution in [1.29, 1.82) is 0 Å². The van der Waals surface area contributed by atoms with Gasteiger partial charge in [-0.2, -0.15) is 0 Å². The molecule has 3 N–H and O–H groups in total. The van der Waals surface area contributed by atoms with Gasteiger partial charge in [-0.1, -0.05) is 66.8 Å². The van der Waals surface area contributed by atoms with Gasteiger partial charge in [0.05, 0.1) is 5.54 Å². The molecule has 0 aliphatic carbocycles. The second-order valence-electron chi connectivity index (χ2n) is 8.84. The zero-order chi connectivity index (χ0) is 24.1. The number of carbonyl (C=O) groups excluding carboxylic acids is 2. The van der Waals surface area contributed by atoms with Crippen molar-refractivity contribution in [3.63, 3.8) is 0 Å². The van der Waals surface area contributed by atoms with Crippen LogP contribution in [0.25, 0.3) is 10.8 Å². The number of nitrogens with one attached hydrogen (secondary N) is 3. The molecule has 2 aromatic carbocycles. The maximum absolute atomic E-state index is 12.8. The first-order valence-electron chi connectivity index (χ1n) is 10.6. The van der Waals surface area contributed by atoms with Gasteiger partial charge in [0, 0.05) is 23.0 Å². The van der Waals surface area contributed by atoms with Gasteiger partial charge in [0.2, 0.25) is 0 Å². The minimum absolute atomic E-state index is 0.122. The molecule has 0 aliphatic rings. The highest BCUT2D eigenvalue weighted by molar-refractivity contribution is 7.81. The number of thiocarbonyl (C=S) groups is 1. The lowest BCUT2D eigenvalue weighted by atomic mass is 9.92. The number of aromatic nitrogens is 1. The van der Waals surface area contributed by atoms with Crippen LogP contribution in [0.2, 0.25) is 0 Å². The maximum Gasteiger partial charge on any atom is 0.408 e. The van der Waals surface area contributed by atoms with Crippen LogP contribution in [0.4, 0.5) is 4.79 Å². The summed E-state index contributed by atoms with van der Waals surface area (Å²) in [6.07, 6.45) is 0.989. The fourth-order valence-electron chi connectivity index (χ4n) is 3.28. The minimum atomic E-state index is -1.03. The van der Waals surface area contributed by atoms with E-state index in [9.17, 15) is 9.59 Å². The lowest BCUT2D eigenvalue weighted by molar-refractivity contribution is 0.0491. The molecule has 8 heteroatoms. The Kier molecular flexibility index (Phi) is 7.40. The van der Waals surface area contributed by atoms with Crippen molar-refractivity contribution in [3.05, 3.63) is 78.1 Å². The van der Waals surface area contributed by atoms with Gasteiger partial charge in [-0.15, -0.1) is 0 Å². The SMILES string of the molecule is CC(C)(C)OC(=O)NC(C)(CNNC(=O)c1nccc2ccccc12)C(=S)c1ccccc1. The Balaban J connectivity index is 1.76. The lowest BCUT2D eigenvalue weighted by Crippen LogP contribution is -2.60. The topological polar surface area (TPSA) is 92.4 Å². The molecule has 0 aliphatic heterocycles. The number of hydrogen-bond donors (Lipinski definition) is 3. The number of hydrogen-bond acceptors (Lipinski definition) is 6. The molecule has 3 rings (SSSR count). The zero-order valence-corrected chi connectivity index (χ0v) is 20.0. The zero-order valence-electron chi connectivity index (χ0n) is 19.1. The van der Waals surface area contributed by atoms with E-state index in [1.807, 2.05) is 60.7 Å². The number of ether oxygens (including phenoxy) is 1. The Labute approximate surface area is 198 Å². The van der Waals surface area contributed by atoms with Crippen LogP contribution >= 0.6 is 12.2 Å². The Bertz CT molecular complexity index is 1160. The van der Waals surface area contributed by atoms with Crippen LogP contribution in [-0.4, -0.2) is 39.5 Å². The van der Waals surface area contributed by atoms with Crippen LogP contribution < -0.4 is 16.2 Å². The van der Waals surface area contributed by atoms with Gasteiger partial charge in [-0.3, -0.25) is 15.2 Å². The highest BCUT2D eigenvalue weighted by Crippen LogP contribution is 2.18. The average Bonchev–Trinajstić information content (AvgIpc) is 2.77. The molecular weight excluding hydrogens is 436 g/mol. The predicted molar refractivity (Wildman–Crippen MR) is 133 cm³/mol. The Morgan fingerprint density at radius 3 is 2.33 bits per heavy atom. The van der Waals surface area contributed by atoms with Crippen LogP contribution in [0.5, 0.6) is 0 Å². The molecule has 7 nitrogen and oxygen atoms in total. The first-order valence-corrected chi connectivity index (χ1v) is 11.0. The van der Waals surface area contributed by atoms with Crippen LogP contribution in [-0.2, 0) is 4.74 Å². The molecule has 1 atom stereocenters. The fourth-order valence-corrected chi connectivity index (χ4v) is 3.54. The first-order chi connectivity index (χ1) is 15.6. The van der Waals surface area contributed by atoms with Gasteiger partial charge in [0.15, 0.2) is 0 Å². The fraction of sp³-hybridized carbons (Fsp3) is 0.280. The lowest BCUT2D eigenvalue weighted by Gasteiger charge is -2.33. The monoisotopic (exact) mass is 464 g/mol. The summed E-state index contributed by atoms with van der Waals surface area (Å²) in [5.41, 5.74) is 4.97. The number of amides is 2. The number of alkyl carbamates (subject to hydrolysis) is 1. The van der Waals surface area contributed by atoms with E-state index in [2.05, 4.69) is 21.2 Å². The number of fused-ring (bicyclic) bond motifs is 1. The smallest absolute Gasteiger partial charge is 0.408 e. The summed E-state index contributed by atoms with van der Waals surface area (Å²) in [5.74, 6) is -0.392. The number of carbonyl (C=O) groups is 2. The third-order valence-corrected chi connectivity index (χ3v) is 5.53. The largest absolute Gasteiger partial charge is 0.444 e. The summed E-state index contributed by atoms with van der Waals surface area (Å²) < 4.78 is 5.43. The van der Waals surface area contributed by atoms with Crippen molar-refractivity contribution in [2.45, 2.75) is 38.8 Å². The van der Waals surface area contributed by atoms with Gasteiger partial charge in [-0.05, 0) is 44.7 Å². The van der Waals surface area contributed by atoms with Crippen LogP contribution in [0.1, 0.15) is 43.7 Å². The van der Waals surface area contributed by atoms with Gasteiger partial charge >= 0.3 is 6.09 Å². The molecular formula is C25H28N4O3S. The van der Waals surface area contributed by atoms with E-state index in [0.29, 0.717) is 10.6 Å². The van der Waals surface area contributed by atoms with Crippen LogP contribution in [0.3, 0.4) is 0 Å². The third-order valence-electron chi connectivity index (χ3n) is 4.85. The molecule has 33 heavy (non-hydrogen) atoms. The molecule has 2 amide bonds. The third kappa shape index (κ3) is 6.34. The van der Waals surface area contributed by atoms with Crippen LogP contribution in [0, 0.1) is 0 Å². The van der Waals surface area contributed by atoms with Crippen molar-refractivity contribution >= 4 is 39.9 Å². The average molecular weight is 465 g/mol. The molecule has 0 bridgehead atoms. The summed E-state index contributed by atoms with van der Waals surface area (Å²) in [7, 11) is 0. The summed E-state index contributed by atoms with van der Waals surface area (Å²) >= 11 is 5.72. The molecule has 0 fully saturated rings. The molecule has 3 aromatic rings. The molecule has 1 heterocycles. The molecule has 1 unspecified atom stereocenters. The van der Waals surface area contributed by atoms with E-state index in [4.69, 9.17) is 17.0 Å². The minimum Gasteiger partial charge on any atom is -0.444 e. The number of rotatable bonds is 7. The normalized spacial score (nSPS) is 13.1. The number of nitrogens with zero attached hydrogens (tertiary/aromatic N) is 1. The highest BCUT2D eigenvalue weighted by atomic mass is 32.1.